The minimum absolute atomic E-state index is 0.0201. The van der Waals surface area contributed by atoms with E-state index in [1.165, 1.54) is 0 Å². The Bertz CT molecular complexity index is 1040. The Morgan fingerprint density at radius 1 is 1.00 bits per heavy atom. The second-order valence-electron chi connectivity index (χ2n) is 8.42. The Morgan fingerprint density at radius 3 is 2.47 bits per heavy atom. The van der Waals surface area contributed by atoms with Crippen LogP contribution >= 0.6 is 0 Å². The van der Waals surface area contributed by atoms with E-state index in [4.69, 9.17) is 14.6 Å². The number of likely N-dealkylation sites (tertiary alicyclic amines) is 1. The quantitative estimate of drug-likeness (QED) is 0.406. The topological polar surface area (TPSA) is 134 Å². The summed E-state index contributed by atoms with van der Waals surface area (Å²) >= 11 is 0. The van der Waals surface area contributed by atoms with Crippen LogP contribution in [0.3, 0.4) is 0 Å². The van der Waals surface area contributed by atoms with Gasteiger partial charge in [0.1, 0.15) is 13.2 Å². The molecule has 0 atom stereocenters. The number of anilines is 1. The highest BCUT2D eigenvalue weighted by Crippen LogP contribution is 2.16. The van der Waals surface area contributed by atoms with Gasteiger partial charge in [0.2, 0.25) is 5.91 Å². The maximum atomic E-state index is 12.3. The average molecular weight is 498 g/mol. The Balaban J connectivity index is 1.34. The van der Waals surface area contributed by atoms with Crippen LogP contribution in [0, 0.1) is 0 Å². The number of hydrogen-bond donors (Lipinski definition) is 3. The van der Waals surface area contributed by atoms with Gasteiger partial charge in [-0.25, -0.2) is 4.79 Å². The van der Waals surface area contributed by atoms with Crippen LogP contribution in [-0.4, -0.2) is 66.2 Å². The number of carboxylic acids is 1. The summed E-state index contributed by atoms with van der Waals surface area (Å²) < 4.78 is 11.1. The van der Waals surface area contributed by atoms with Gasteiger partial charge in [-0.15, -0.1) is 0 Å². The maximum absolute atomic E-state index is 12.3. The molecule has 10 nitrogen and oxygen atoms in total. The van der Waals surface area contributed by atoms with Crippen LogP contribution in [-0.2, 0) is 25.7 Å². The number of amides is 3. The standard InChI is InChI=1S/C26H31N3O7/c30-23(28-21-9-4-8-20(16-21)25(33)27-13-5-10-24(31)32)18-35-22-11-14-29(15-12-22)26(34)36-17-19-6-2-1-3-7-19/h1-4,6-9,16,22H,5,10-15,17-18H2,(H,27,33)(H,28,30)(H,31,32). The molecule has 192 valence electrons. The molecule has 36 heavy (non-hydrogen) atoms. The SMILES string of the molecule is O=C(O)CCCNC(=O)c1cccc(NC(=O)COC2CCN(C(=O)OCc3ccccc3)CC2)c1. The number of rotatable bonds is 11. The lowest BCUT2D eigenvalue weighted by atomic mass is 10.1. The van der Waals surface area contributed by atoms with Crippen LogP contribution in [0.25, 0.3) is 0 Å². The zero-order valence-electron chi connectivity index (χ0n) is 20.0. The number of ether oxygens (including phenoxy) is 2. The Kier molecular flexibility index (Phi) is 10.3. The summed E-state index contributed by atoms with van der Waals surface area (Å²) in [5, 5.41) is 14.0. The highest BCUT2D eigenvalue weighted by atomic mass is 16.6. The van der Waals surface area contributed by atoms with Crippen LogP contribution in [0.4, 0.5) is 10.5 Å². The van der Waals surface area contributed by atoms with Gasteiger partial charge < -0.3 is 30.1 Å². The molecular weight excluding hydrogens is 466 g/mol. The molecule has 1 fully saturated rings. The smallest absolute Gasteiger partial charge is 0.410 e. The fraction of sp³-hybridized carbons (Fsp3) is 0.385. The predicted octanol–water partition coefficient (Wildman–Crippen LogP) is 3.04. The third kappa shape index (κ3) is 9.03. The van der Waals surface area contributed by atoms with Crippen molar-refractivity contribution in [3.8, 4) is 0 Å². The molecule has 1 saturated heterocycles. The van der Waals surface area contributed by atoms with Crippen molar-refractivity contribution in [2.75, 3.05) is 31.6 Å². The van der Waals surface area contributed by atoms with E-state index in [0.717, 1.165) is 5.56 Å². The molecule has 1 aliphatic rings. The number of carboxylic acid groups (broad SMARTS) is 1. The first-order valence-electron chi connectivity index (χ1n) is 11.9. The Hall–Kier alpha value is -3.92. The first-order chi connectivity index (χ1) is 17.4. The summed E-state index contributed by atoms with van der Waals surface area (Å²) in [5.74, 6) is -1.61. The summed E-state index contributed by atoms with van der Waals surface area (Å²) in [7, 11) is 0. The van der Waals surface area contributed by atoms with Crippen molar-refractivity contribution in [2.24, 2.45) is 0 Å². The molecular formula is C26H31N3O7. The second kappa shape index (κ2) is 13.8. The molecule has 1 heterocycles. The van der Waals surface area contributed by atoms with Gasteiger partial charge >= 0.3 is 12.1 Å². The van der Waals surface area contributed by atoms with Gasteiger partial charge in [0.25, 0.3) is 5.91 Å². The third-order valence-electron chi connectivity index (χ3n) is 5.62. The monoisotopic (exact) mass is 497 g/mol. The van der Waals surface area contributed by atoms with Gasteiger partial charge in [-0.05, 0) is 43.0 Å². The van der Waals surface area contributed by atoms with Crippen molar-refractivity contribution >= 4 is 29.6 Å². The van der Waals surface area contributed by atoms with Crippen molar-refractivity contribution < 1.29 is 33.8 Å². The van der Waals surface area contributed by atoms with Gasteiger partial charge in [0.05, 0.1) is 6.10 Å². The fourth-order valence-corrected chi connectivity index (χ4v) is 3.69. The van der Waals surface area contributed by atoms with E-state index in [2.05, 4.69) is 10.6 Å². The van der Waals surface area contributed by atoms with Crippen LogP contribution in [0.2, 0.25) is 0 Å². The van der Waals surface area contributed by atoms with E-state index < -0.39 is 5.97 Å². The number of nitrogens with zero attached hydrogens (tertiary/aromatic N) is 1. The molecule has 0 saturated carbocycles. The van der Waals surface area contributed by atoms with Crippen LogP contribution in [0.1, 0.15) is 41.6 Å². The summed E-state index contributed by atoms with van der Waals surface area (Å²) in [6.07, 6.45) is 1.02. The maximum Gasteiger partial charge on any atom is 0.410 e. The number of carbonyl (C=O) groups excluding carboxylic acids is 3. The highest BCUT2D eigenvalue weighted by molar-refractivity contribution is 5.97. The lowest BCUT2D eigenvalue weighted by Gasteiger charge is -2.31. The summed E-state index contributed by atoms with van der Waals surface area (Å²) in [6, 6.07) is 16.0. The van der Waals surface area contributed by atoms with Crippen molar-refractivity contribution in [1.29, 1.82) is 0 Å². The van der Waals surface area contributed by atoms with E-state index in [9.17, 15) is 19.2 Å². The van der Waals surface area contributed by atoms with Crippen molar-refractivity contribution in [1.82, 2.24) is 10.2 Å². The molecule has 10 heteroatoms. The van der Waals surface area contributed by atoms with Crippen LogP contribution in [0.15, 0.2) is 54.6 Å². The van der Waals surface area contributed by atoms with Gasteiger partial charge in [0, 0.05) is 37.3 Å². The minimum Gasteiger partial charge on any atom is -0.481 e. The number of hydrogen-bond acceptors (Lipinski definition) is 6. The van der Waals surface area contributed by atoms with Gasteiger partial charge in [-0.2, -0.15) is 0 Å². The number of piperidine rings is 1. The summed E-state index contributed by atoms with van der Waals surface area (Å²) in [4.78, 5) is 49.0. The zero-order chi connectivity index (χ0) is 25.8. The van der Waals surface area contributed by atoms with Gasteiger partial charge in [-0.1, -0.05) is 36.4 Å². The van der Waals surface area contributed by atoms with E-state index in [-0.39, 0.29) is 50.2 Å². The largest absolute Gasteiger partial charge is 0.481 e. The molecule has 1 aliphatic heterocycles. The number of carbonyl (C=O) groups is 4. The normalized spacial score (nSPS) is 13.6. The number of benzene rings is 2. The fourth-order valence-electron chi connectivity index (χ4n) is 3.69. The molecule has 0 unspecified atom stereocenters. The molecule has 0 bridgehead atoms. The van der Waals surface area contributed by atoms with E-state index in [0.29, 0.717) is 43.6 Å². The van der Waals surface area contributed by atoms with Crippen molar-refractivity contribution in [3.05, 3.63) is 65.7 Å². The number of nitrogens with one attached hydrogen (secondary N) is 2. The van der Waals surface area contributed by atoms with Crippen molar-refractivity contribution in [2.45, 2.75) is 38.4 Å². The lowest BCUT2D eigenvalue weighted by Crippen LogP contribution is -2.41. The summed E-state index contributed by atoms with van der Waals surface area (Å²) in [6.45, 7) is 1.31. The molecule has 2 aromatic rings. The second-order valence-corrected chi connectivity index (χ2v) is 8.42. The predicted molar refractivity (Wildman–Crippen MR) is 131 cm³/mol. The molecule has 0 spiro atoms. The molecule has 3 rings (SSSR count). The Labute approximate surface area is 209 Å². The average Bonchev–Trinajstić information content (AvgIpc) is 2.89. The van der Waals surface area contributed by atoms with E-state index in [1.807, 2.05) is 30.3 Å². The van der Waals surface area contributed by atoms with Gasteiger partial charge in [-0.3, -0.25) is 14.4 Å². The van der Waals surface area contributed by atoms with Crippen LogP contribution < -0.4 is 10.6 Å². The Morgan fingerprint density at radius 2 is 1.75 bits per heavy atom. The van der Waals surface area contributed by atoms with Crippen LogP contribution in [0.5, 0.6) is 0 Å². The van der Waals surface area contributed by atoms with Gasteiger partial charge in [0.15, 0.2) is 0 Å². The third-order valence-corrected chi connectivity index (χ3v) is 5.62. The molecule has 3 amide bonds. The highest BCUT2D eigenvalue weighted by Gasteiger charge is 2.24. The molecule has 0 aromatic heterocycles. The molecule has 2 aromatic carbocycles. The van der Waals surface area contributed by atoms with E-state index in [1.54, 1.807) is 29.2 Å². The number of aliphatic carboxylic acids is 1. The summed E-state index contributed by atoms with van der Waals surface area (Å²) in [5.41, 5.74) is 1.74. The lowest BCUT2D eigenvalue weighted by molar-refractivity contribution is -0.137. The molecule has 0 aliphatic carbocycles. The van der Waals surface area contributed by atoms with E-state index >= 15 is 0 Å². The van der Waals surface area contributed by atoms with Crippen molar-refractivity contribution in [3.63, 3.8) is 0 Å². The molecule has 0 radical (unpaired) electrons. The first-order valence-corrected chi connectivity index (χ1v) is 11.9. The minimum atomic E-state index is -0.914. The molecule has 3 N–H and O–H groups in total. The zero-order valence-corrected chi connectivity index (χ0v) is 20.0. The first kappa shape index (κ1) is 26.7.